The van der Waals surface area contributed by atoms with Crippen LogP contribution in [0.3, 0.4) is 0 Å². The highest BCUT2D eigenvalue weighted by molar-refractivity contribution is 5.49. The summed E-state index contributed by atoms with van der Waals surface area (Å²) in [6.07, 6.45) is 2.41. The van der Waals surface area contributed by atoms with Crippen LogP contribution in [0.25, 0.3) is 0 Å². The van der Waals surface area contributed by atoms with Crippen molar-refractivity contribution < 1.29 is 9.66 Å². The summed E-state index contributed by atoms with van der Waals surface area (Å²) in [5, 5.41) is 14.0. The number of aromatic nitrogens is 1. The molecule has 2 rings (SSSR count). The molecule has 1 aromatic carbocycles. The molecule has 0 aliphatic rings. The monoisotopic (exact) mass is 287 g/mol. The molecular formula is C15H17N3O3. The maximum Gasteiger partial charge on any atom is 0.311 e. The third-order valence-corrected chi connectivity index (χ3v) is 3.10. The average molecular weight is 287 g/mol. The maximum atomic E-state index is 11.1. The van der Waals surface area contributed by atoms with Gasteiger partial charge in [0.25, 0.3) is 0 Å². The van der Waals surface area contributed by atoms with Crippen LogP contribution in [0.15, 0.2) is 36.5 Å². The molecule has 1 aromatic heterocycles. The van der Waals surface area contributed by atoms with E-state index in [0.717, 1.165) is 23.4 Å². The van der Waals surface area contributed by atoms with Crippen LogP contribution in [0.4, 0.5) is 11.5 Å². The van der Waals surface area contributed by atoms with E-state index >= 15 is 0 Å². The van der Waals surface area contributed by atoms with Crippen molar-refractivity contribution >= 4 is 11.5 Å². The molecule has 0 saturated heterocycles. The molecule has 0 saturated carbocycles. The highest BCUT2D eigenvalue weighted by atomic mass is 16.6. The van der Waals surface area contributed by atoms with Crippen molar-refractivity contribution in [2.24, 2.45) is 0 Å². The summed E-state index contributed by atoms with van der Waals surface area (Å²) in [6, 6.07) is 8.70. The smallest absolute Gasteiger partial charge is 0.311 e. The van der Waals surface area contributed by atoms with Gasteiger partial charge in [-0.2, -0.15) is 0 Å². The zero-order chi connectivity index (χ0) is 15.2. The van der Waals surface area contributed by atoms with Crippen molar-refractivity contribution in [1.82, 2.24) is 4.98 Å². The Morgan fingerprint density at radius 3 is 2.76 bits per heavy atom. The van der Waals surface area contributed by atoms with Crippen molar-refractivity contribution in [3.63, 3.8) is 0 Å². The average Bonchev–Trinajstić information content (AvgIpc) is 2.52. The fourth-order valence-corrected chi connectivity index (χ4v) is 1.91. The molecule has 0 bridgehead atoms. The Bertz CT molecular complexity index is 644. The van der Waals surface area contributed by atoms with E-state index < -0.39 is 4.92 Å². The van der Waals surface area contributed by atoms with Crippen LogP contribution in [0, 0.1) is 10.1 Å². The van der Waals surface area contributed by atoms with E-state index in [4.69, 9.17) is 4.74 Å². The van der Waals surface area contributed by atoms with Crippen LogP contribution in [-0.2, 0) is 13.0 Å². The Morgan fingerprint density at radius 2 is 2.10 bits per heavy atom. The van der Waals surface area contributed by atoms with Crippen molar-refractivity contribution in [1.29, 1.82) is 0 Å². The Kier molecular flexibility index (Phi) is 4.71. The summed E-state index contributed by atoms with van der Waals surface area (Å²) in [5.41, 5.74) is 1.80. The molecule has 0 amide bonds. The van der Waals surface area contributed by atoms with Gasteiger partial charge in [0.15, 0.2) is 5.75 Å². The number of aryl methyl sites for hydroxylation is 1. The molecule has 0 unspecified atom stereocenters. The Morgan fingerprint density at radius 1 is 1.29 bits per heavy atom. The van der Waals surface area contributed by atoms with Crippen LogP contribution in [0.2, 0.25) is 0 Å². The maximum absolute atomic E-state index is 11.1. The van der Waals surface area contributed by atoms with Gasteiger partial charge in [0.1, 0.15) is 12.4 Å². The van der Waals surface area contributed by atoms with Gasteiger partial charge in [-0.05, 0) is 35.7 Å². The summed E-state index contributed by atoms with van der Waals surface area (Å²) in [4.78, 5) is 14.8. The number of hydrogen-bond donors (Lipinski definition) is 1. The van der Waals surface area contributed by atoms with E-state index in [9.17, 15) is 10.1 Å². The van der Waals surface area contributed by atoms with Crippen LogP contribution in [-0.4, -0.2) is 17.0 Å². The van der Waals surface area contributed by atoms with Gasteiger partial charge < -0.3 is 10.1 Å². The van der Waals surface area contributed by atoms with Gasteiger partial charge in [0.2, 0.25) is 0 Å². The summed E-state index contributed by atoms with van der Waals surface area (Å²) in [6.45, 7) is 2.21. The Balaban J connectivity index is 2.17. The first-order valence-electron chi connectivity index (χ1n) is 6.66. The summed E-state index contributed by atoms with van der Waals surface area (Å²) in [7, 11) is 1.78. The molecule has 21 heavy (non-hydrogen) atoms. The molecular weight excluding hydrogens is 270 g/mol. The highest BCUT2D eigenvalue weighted by Gasteiger charge is 2.15. The van der Waals surface area contributed by atoms with E-state index in [1.165, 1.54) is 0 Å². The second-order valence-corrected chi connectivity index (χ2v) is 4.50. The molecule has 0 atom stereocenters. The molecule has 0 spiro atoms. The number of anilines is 1. The zero-order valence-corrected chi connectivity index (χ0v) is 12.0. The van der Waals surface area contributed by atoms with Gasteiger partial charge >= 0.3 is 5.69 Å². The number of nitrogens with zero attached hydrogens (tertiary/aromatic N) is 2. The predicted octanol–water partition coefficient (Wildman–Crippen LogP) is 3.17. The molecule has 0 aliphatic carbocycles. The van der Waals surface area contributed by atoms with Crippen LogP contribution in [0.5, 0.6) is 5.75 Å². The van der Waals surface area contributed by atoms with E-state index in [1.807, 2.05) is 25.1 Å². The molecule has 6 heteroatoms. The summed E-state index contributed by atoms with van der Waals surface area (Å²) >= 11 is 0. The van der Waals surface area contributed by atoms with Crippen molar-refractivity contribution in [2.75, 3.05) is 12.4 Å². The first kappa shape index (κ1) is 14.8. The van der Waals surface area contributed by atoms with Gasteiger partial charge in [0.05, 0.1) is 4.92 Å². The molecule has 1 N–H and O–H groups in total. The van der Waals surface area contributed by atoms with E-state index in [0.29, 0.717) is 0 Å². The van der Waals surface area contributed by atoms with Crippen LogP contribution >= 0.6 is 0 Å². The molecule has 0 fully saturated rings. The second-order valence-electron chi connectivity index (χ2n) is 4.50. The number of nitro benzene ring substituents is 1. The van der Waals surface area contributed by atoms with Gasteiger partial charge in [-0.3, -0.25) is 10.1 Å². The quantitative estimate of drug-likeness (QED) is 0.652. The number of nitrogens with one attached hydrogen (secondary N) is 1. The van der Waals surface area contributed by atoms with Crippen molar-refractivity contribution in [3.05, 3.63) is 57.8 Å². The minimum atomic E-state index is -0.417. The predicted molar refractivity (Wildman–Crippen MR) is 80.6 cm³/mol. The summed E-state index contributed by atoms with van der Waals surface area (Å²) < 4.78 is 5.59. The number of rotatable bonds is 6. The topological polar surface area (TPSA) is 77.3 Å². The molecule has 110 valence electrons. The Hall–Kier alpha value is -2.63. The van der Waals surface area contributed by atoms with Crippen molar-refractivity contribution in [3.8, 4) is 5.75 Å². The molecule has 0 radical (unpaired) electrons. The van der Waals surface area contributed by atoms with Crippen molar-refractivity contribution in [2.45, 2.75) is 20.0 Å². The number of benzene rings is 1. The minimum Gasteiger partial charge on any atom is -0.482 e. The van der Waals surface area contributed by atoms with Gasteiger partial charge in [0, 0.05) is 19.3 Å². The lowest BCUT2D eigenvalue weighted by molar-refractivity contribution is -0.386. The lowest BCUT2D eigenvalue weighted by Gasteiger charge is -2.08. The number of hydrogen-bond acceptors (Lipinski definition) is 5. The fourth-order valence-electron chi connectivity index (χ4n) is 1.91. The van der Waals surface area contributed by atoms with E-state index in [1.54, 1.807) is 25.4 Å². The minimum absolute atomic E-state index is 0.00255. The number of pyridine rings is 1. The third-order valence-electron chi connectivity index (χ3n) is 3.10. The molecule has 0 aliphatic heterocycles. The number of ether oxygens (including phenoxy) is 1. The lowest BCUT2D eigenvalue weighted by Crippen LogP contribution is -2.01. The zero-order valence-electron chi connectivity index (χ0n) is 12.0. The Labute approximate surface area is 122 Å². The van der Waals surface area contributed by atoms with E-state index in [2.05, 4.69) is 10.3 Å². The van der Waals surface area contributed by atoms with E-state index in [-0.39, 0.29) is 18.0 Å². The van der Waals surface area contributed by atoms with Gasteiger partial charge in [-0.25, -0.2) is 4.98 Å². The summed E-state index contributed by atoms with van der Waals surface area (Å²) in [5.74, 6) is 1.01. The standard InChI is InChI=1S/C15H17N3O3/c1-3-11-4-5-14(13(8-11)18(19)20)21-10-12-6-7-17-15(9-12)16-2/h4-9H,3,10H2,1-2H3,(H,16,17). The largest absolute Gasteiger partial charge is 0.482 e. The first-order chi connectivity index (χ1) is 10.1. The molecule has 6 nitrogen and oxygen atoms in total. The number of nitro groups is 1. The third kappa shape index (κ3) is 3.68. The fraction of sp³-hybridized carbons (Fsp3) is 0.267. The molecule has 2 aromatic rings. The van der Waals surface area contributed by atoms with Gasteiger partial charge in [-0.15, -0.1) is 0 Å². The van der Waals surface area contributed by atoms with Crippen LogP contribution in [0.1, 0.15) is 18.1 Å². The SMILES string of the molecule is CCc1ccc(OCc2ccnc(NC)c2)c([N+](=O)[O-])c1. The first-order valence-corrected chi connectivity index (χ1v) is 6.66. The second kappa shape index (κ2) is 6.69. The molecule has 1 heterocycles. The van der Waals surface area contributed by atoms with Crippen LogP contribution < -0.4 is 10.1 Å². The lowest BCUT2D eigenvalue weighted by atomic mass is 10.1. The highest BCUT2D eigenvalue weighted by Crippen LogP contribution is 2.29. The van der Waals surface area contributed by atoms with Gasteiger partial charge in [-0.1, -0.05) is 13.0 Å². The normalized spacial score (nSPS) is 10.2.